The zero-order chi connectivity index (χ0) is 7.03. The molecule has 0 heterocycles. The highest BCUT2D eigenvalue weighted by Crippen LogP contribution is 2.42. The Bertz CT molecular complexity index is 230. The minimum atomic E-state index is 0.384. The van der Waals surface area contributed by atoms with Crippen molar-refractivity contribution in [2.75, 3.05) is 0 Å². The van der Waals surface area contributed by atoms with Crippen LogP contribution in [0.25, 0.3) is 0 Å². The molecule has 0 bridgehead atoms. The Kier molecular flexibility index (Phi) is 1.10. The molecule has 2 aliphatic rings. The predicted octanol–water partition coefficient (Wildman–Crippen LogP) is 2.84. The van der Waals surface area contributed by atoms with Gasteiger partial charge in [-0.3, -0.25) is 0 Å². The summed E-state index contributed by atoms with van der Waals surface area (Å²) in [6.45, 7) is 2.31. The van der Waals surface area contributed by atoms with E-state index in [1.54, 1.807) is 5.57 Å². The molecule has 0 heteroatoms. The van der Waals surface area contributed by atoms with E-state index in [-0.39, 0.29) is 0 Å². The fraction of sp³-hybridized carbons (Fsp3) is 0.400. The van der Waals surface area contributed by atoms with Crippen LogP contribution < -0.4 is 0 Å². The molecule has 2 aliphatic carbocycles. The topological polar surface area (TPSA) is 0 Å². The Morgan fingerprint density at radius 2 is 2.30 bits per heavy atom. The molecule has 0 radical (unpaired) electrons. The summed E-state index contributed by atoms with van der Waals surface area (Å²) < 4.78 is 0. The third-order valence-electron chi connectivity index (χ3n) is 2.53. The summed E-state index contributed by atoms with van der Waals surface area (Å²) >= 11 is 0. The zero-order valence-electron chi connectivity index (χ0n) is 6.30. The summed E-state index contributed by atoms with van der Waals surface area (Å²) in [6, 6.07) is 0. The quantitative estimate of drug-likeness (QED) is 0.444. The molecule has 0 saturated heterocycles. The number of allylic oxidation sites excluding steroid dienone is 6. The van der Waals surface area contributed by atoms with Crippen LogP contribution in [0.5, 0.6) is 0 Å². The maximum Gasteiger partial charge on any atom is 0.0103 e. The first kappa shape index (κ1) is 5.96. The number of hydrogen-bond acceptors (Lipinski definition) is 0. The highest BCUT2D eigenvalue weighted by Gasteiger charge is 2.28. The van der Waals surface area contributed by atoms with Crippen molar-refractivity contribution in [2.24, 2.45) is 5.41 Å². The van der Waals surface area contributed by atoms with Gasteiger partial charge in [0.25, 0.3) is 0 Å². The Balaban J connectivity index is 2.41. The first-order chi connectivity index (χ1) is 4.81. The second-order valence-corrected chi connectivity index (χ2v) is 3.35. The van der Waals surface area contributed by atoms with Gasteiger partial charge in [-0.05, 0) is 12.8 Å². The van der Waals surface area contributed by atoms with Gasteiger partial charge in [0.2, 0.25) is 0 Å². The van der Waals surface area contributed by atoms with Gasteiger partial charge < -0.3 is 0 Å². The lowest BCUT2D eigenvalue weighted by atomic mass is 9.79. The summed E-state index contributed by atoms with van der Waals surface area (Å²) in [4.78, 5) is 0. The third kappa shape index (κ3) is 0.683. The molecule has 0 N–H and O–H groups in total. The van der Waals surface area contributed by atoms with Gasteiger partial charge in [-0.1, -0.05) is 42.9 Å². The van der Waals surface area contributed by atoms with Gasteiger partial charge in [0.05, 0.1) is 0 Å². The average Bonchev–Trinajstić information content (AvgIpc) is 2.29. The highest BCUT2D eigenvalue weighted by atomic mass is 14.3. The van der Waals surface area contributed by atoms with E-state index in [4.69, 9.17) is 0 Å². The zero-order valence-corrected chi connectivity index (χ0v) is 6.30. The highest BCUT2D eigenvalue weighted by molar-refractivity contribution is 5.36. The molecule has 52 valence electrons. The minimum Gasteiger partial charge on any atom is -0.0835 e. The van der Waals surface area contributed by atoms with E-state index in [1.807, 2.05) is 0 Å². The second kappa shape index (κ2) is 1.85. The molecule has 0 aromatic heterocycles. The van der Waals surface area contributed by atoms with E-state index in [1.165, 1.54) is 12.8 Å². The Morgan fingerprint density at radius 1 is 1.40 bits per heavy atom. The first-order valence-corrected chi connectivity index (χ1v) is 3.85. The molecule has 0 nitrogen and oxygen atoms in total. The van der Waals surface area contributed by atoms with Crippen LogP contribution in [0, 0.1) is 5.41 Å². The van der Waals surface area contributed by atoms with Crippen LogP contribution >= 0.6 is 0 Å². The van der Waals surface area contributed by atoms with E-state index in [0.29, 0.717) is 5.41 Å². The van der Waals surface area contributed by atoms with E-state index >= 15 is 0 Å². The number of fused-ring (bicyclic) bond motifs is 1. The predicted molar refractivity (Wildman–Crippen MR) is 43.7 cm³/mol. The van der Waals surface area contributed by atoms with E-state index in [9.17, 15) is 0 Å². The van der Waals surface area contributed by atoms with Gasteiger partial charge in [-0.15, -0.1) is 0 Å². The third-order valence-corrected chi connectivity index (χ3v) is 2.53. The van der Waals surface area contributed by atoms with Crippen LogP contribution in [0.2, 0.25) is 0 Å². The van der Waals surface area contributed by atoms with Crippen molar-refractivity contribution in [1.82, 2.24) is 0 Å². The molecule has 0 aliphatic heterocycles. The molecule has 0 fully saturated rings. The van der Waals surface area contributed by atoms with E-state index in [0.717, 1.165) is 0 Å². The Morgan fingerprint density at radius 3 is 3.10 bits per heavy atom. The Hall–Kier alpha value is -0.780. The lowest BCUT2D eigenvalue weighted by molar-refractivity contribution is 0.527. The second-order valence-electron chi connectivity index (χ2n) is 3.35. The van der Waals surface area contributed by atoms with Crippen molar-refractivity contribution in [3.8, 4) is 0 Å². The molecular weight excluding hydrogens is 120 g/mol. The summed E-state index contributed by atoms with van der Waals surface area (Å²) in [5.41, 5.74) is 1.96. The van der Waals surface area contributed by atoms with Crippen molar-refractivity contribution < 1.29 is 0 Å². The molecule has 1 unspecified atom stereocenters. The molecule has 10 heavy (non-hydrogen) atoms. The molecule has 0 saturated carbocycles. The smallest absolute Gasteiger partial charge is 0.0103 e. The molecule has 0 aromatic rings. The van der Waals surface area contributed by atoms with Crippen LogP contribution in [0.4, 0.5) is 0 Å². The normalized spacial score (nSPS) is 35.9. The van der Waals surface area contributed by atoms with Crippen molar-refractivity contribution >= 4 is 0 Å². The molecule has 0 aromatic carbocycles. The van der Waals surface area contributed by atoms with E-state index in [2.05, 4.69) is 37.3 Å². The molecule has 0 amide bonds. The van der Waals surface area contributed by atoms with E-state index < -0.39 is 0 Å². The Labute approximate surface area is 61.9 Å². The van der Waals surface area contributed by atoms with Gasteiger partial charge in [-0.25, -0.2) is 0 Å². The monoisotopic (exact) mass is 132 g/mol. The SMILES string of the molecule is CC12C=CCC1=CC=CC2. The van der Waals surface area contributed by atoms with Crippen molar-refractivity contribution in [3.05, 3.63) is 36.0 Å². The van der Waals surface area contributed by atoms with Crippen LogP contribution in [0.15, 0.2) is 36.0 Å². The molecule has 1 atom stereocenters. The van der Waals surface area contributed by atoms with Crippen molar-refractivity contribution in [2.45, 2.75) is 19.8 Å². The molecule has 2 rings (SSSR count). The van der Waals surface area contributed by atoms with Gasteiger partial charge in [-0.2, -0.15) is 0 Å². The molecular formula is C10H12. The summed E-state index contributed by atoms with van der Waals surface area (Å²) in [6.07, 6.45) is 13.6. The average molecular weight is 132 g/mol. The minimum absolute atomic E-state index is 0.384. The van der Waals surface area contributed by atoms with Crippen molar-refractivity contribution in [3.63, 3.8) is 0 Å². The number of rotatable bonds is 0. The fourth-order valence-corrected chi connectivity index (χ4v) is 1.74. The summed E-state index contributed by atoms with van der Waals surface area (Å²) in [5, 5.41) is 0. The van der Waals surface area contributed by atoms with Gasteiger partial charge in [0.1, 0.15) is 0 Å². The van der Waals surface area contributed by atoms with Crippen LogP contribution in [0.3, 0.4) is 0 Å². The van der Waals surface area contributed by atoms with Crippen LogP contribution in [-0.2, 0) is 0 Å². The largest absolute Gasteiger partial charge is 0.0835 e. The standard InChI is InChI=1S/C10H12/c1-10-7-3-2-5-9(10)6-4-8-10/h2-5,8H,6-7H2,1H3. The fourth-order valence-electron chi connectivity index (χ4n) is 1.74. The summed E-state index contributed by atoms with van der Waals surface area (Å²) in [7, 11) is 0. The molecule has 0 spiro atoms. The summed E-state index contributed by atoms with van der Waals surface area (Å²) in [5.74, 6) is 0. The van der Waals surface area contributed by atoms with Crippen molar-refractivity contribution in [1.29, 1.82) is 0 Å². The lowest BCUT2D eigenvalue weighted by Gasteiger charge is -2.25. The maximum absolute atomic E-state index is 2.34. The first-order valence-electron chi connectivity index (χ1n) is 3.85. The van der Waals surface area contributed by atoms with Gasteiger partial charge >= 0.3 is 0 Å². The lowest BCUT2D eigenvalue weighted by Crippen LogP contribution is -2.13. The maximum atomic E-state index is 2.34. The van der Waals surface area contributed by atoms with Crippen LogP contribution in [-0.4, -0.2) is 0 Å². The van der Waals surface area contributed by atoms with Crippen LogP contribution in [0.1, 0.15) is 19.8 Å². The van der Waals surface area contributed by atoms with Gasteiger partial charge in [0, 0.05) is 5.41 Å². The van der Waals surface area contributed by atoms with Gasteiger partial charge in [0.15, 0.2) is 0 Å². The number of hydrogen-bond donors (Lipinski definition) is 0.